The maximum Gasteiger partial charge on any atom is 0.396 e. The average molecular weight is 183 g/mol. The SMILES string of the molecule is COC(=O)C(=O)N1CC2CCC1C2. The van der Waals surface area contributed by atoms with E-state index in [1.807, 2.05) is 0 Å². The second-order valence-corrected chi connectivity index (χ2v) is 3.78. The standard InChI is InChI=1S/C9H13NO3/c1-13-9(12)8(11)10-5-6-2-3-7(10)4-6/h6-7H,2-5H2,1H3. The molecule has 72 valence electrons. The maximum atomic E-state index is 11.4. The maximum absolute atomic E-state index is 11.4. The summed E-state index contributed by atoms with van der Waals surface area (Å²) in [5.41, 5.74) is 0. The van der Waals surface area contributed by atoms with E-state index in [-0.39, 0.29) is 0 Å². The molecule has 0 aromatic heterocycles. The molecule has 2 aliphatic rings. The first-order valence-corrected chi connectivity index (χ1v) is 4.61. The molecule has 2 bridgehead atoms. The molecule has 0 spiro atoms. The fourth-order valence-electron chi connectivity index (χ4n) is 2.38. The summed E-state index contributed by atoms with van der Waals surface area (Å²) in [6, 6.07) is 0.302. The number of likely N-dealkylation sites (tertiary alicyclic amines) is 1. The lowest BCUT2D eigenvalue weighted by Gasteiger charge is -2.25. The highest BCUT2D eigenvalue weighted by Gasteiger charge is 2.42. The minimum absolute atomic E-state index is 0.302. The van der Waals surface area contributed by atoms with Crippen LogP contribution < -0.4 is 0 Å². The molecule has 2 unspecified atom stereocenters. The number of carbonyl (C=O) groups is 2. The number of methoxy groups -OCH3 is 1. The molecule has 4 heteroatoms. The number of hydrogen-bond acceptors (Lipinski definition) is 3. The summed E-state index contributed by atoms with van der Waals surface area (Å²) >= 11 is 0. The van der Waals surface area contributed by atoms with Crippen LogP contribution >= 0.6 is 0 Å². The summed E-state index contributed by atoms with van der Waals surface area (Å²) in [7, 11) is 1.24. The van der Waals surface area contributed by atoms with Gasteiger partial charge >= 0.3 is 11.9 Å². The number of hydrogen-bond donors (Lipinski definition) is 0. The Hall–Kier alpha value is -1.06. The Morgan fingerprint density at radius 2 is 2.15 bits per heavy atom. The Labute approximate surface area is 76.8 Å². The van der Waals surface area contributed by atoms with Crippen LogP contribution in [-0.4, -0.2) is 36.5 Å². The van der Waals surface area contributed by atoms with Gasteiger partial charge in [-0.15, -0.1) is 0 Å². The number of amides is 1. The zero-order valence-corrected chi connectivity index (χ0v) is 7.66. The number of esters is 1. The van der Waals surface area contributed by atoms with Crippen LogP contribution in [0.4, 0.5) is 0 Å². The Kier molecular flexibility index (Phi) is 1.98. The number of rotatable bonds is 0. The van der Waals surface area contributed by atoms with Crippen molar-refractivity contribution in [3.8, 4) is 0 Å². The van der Waals surface area contributed by atoms with E-state index in [0.29, 0.717) is 12.0 Å². The lowest BCUT2D eigenvalue weighted by Crippen LogP contribution is -2.42. The van der Waals surface area contributed by atoms with Crippen molar-refractivity contribution >= 4 is 11.9 Å². The molecule has 0 radical (unpaired) electrons. The predicted molar refractivity (Wildman–Crippen MR) is 44.9 cm³/mol. The molecule has 1 saturated heterocycles. The molecule has 1 heterocycles. The molecule has 1 amide bonds. The van der Waals surface area contributed by atoms with E-state index in [0.717, 1.165) is 19.4 Å². The fourth-order valence-corrected chi connectivity index (χ4v) is 2.38. The van der Waals surface area contributed by atoms with E-state index in [4.69, 9.17) is 0 Å². The van der Waals surface area contributed by atoms with Crippen LogP contribution in [0.5, 0.6) is 0 Å². The Morgan fingerprint density at radius 3 is 2.62 bits per heavy atom. The molecule has 0 N–H and O–H groups in total. The number of carbonyl (C=O) groups excluding carboxylic acids is 2. The third-order valence-corrected chi connectivity index (χ3v) is 3.03. The van der Waals surface area contributed by atoms with Gasteiger partial charge < -0.3 is 9.64 Å². The summed E-state index contributed by atoms with van der Waals surface area (Å²) < 4.78 is 4.40. The van der Waals surface area contributed by atoms with Crippen LogP contribution in [0.15, 0.2) is 0 Å². The molecule has 2 fully saturated rings. The third-order valence-electron chi connectivity index (χ3n) is 3.03. The summed E-state index contributed by atoms with van der Waals surface area (Å²) in [5.74, 6) is -0.569. The normalized spacial score (nSPS) is 30.7. The van der Waals surface area contributed by atoms with Crippen LogP contribution in [0.1, 0.15) is 19.3 Å². The highest BCUT2D eigenvalue weighted by atomic mass is 16.5. The molecule has 13 heavy (non-hydrogen) atoms. The first-order valence-electron chi connectivity index (χ1n) is 4.61. The molecular formula is C9H13NO3. The van der Waals surface area contributed by atoms with E-state index in [1.165, 1.54) is 13.5 Å². The lowest BCUT2D eigenvalue weighted by atomic mass is 10.1. The lowest BCUT2D eigenvalue weighted by molar-refractivity contribution is -0.159. The zero-order valence-electron chi connectivity index (χ0n) is 7.66. The fraction of sp³-hybridized carbons (Fsp3) is 0.778. The van der Waals surface area contributed by atoms with Gasteiger partial charge in [-0.3, -0.25) is 4.79 Å². The quantitative estimate of drug-likeness (QED) is 0.397. The van der Waals surface area contributed by atoms with Crippen LogP contribution in [0, 0.1) is 5.92 Å². The van der Waals surface area contributed by atoms with Gasteiger partial charge in [-0.1, -0.05) is 0 Å². The summed E-state index contributed by atoms with van der Waals surface area (Å²) in [5, 5.41) is 0. The highest BCUT2D eigenvalue weighted by Crippen LogP contribution is 2.37. The molecule has 4 nitrogen and oxygen atoms in total. The summed E-state index contributed by atoms with van der Waals surface area (Å²) in [6.07, 6.45) is 3.33. The van der Waals surface area contributed by atoms with Gasteiger partial charge in [-0.25, -0.2) is 4.79 Å². The Bertz CT molecular complexity index is 251. The van der Waals surface area contributed by atoms with E-state index in [9.17, 15) is 9.59 Å². The number of piperidine rings is 1. The van der Waals surface area contributed by atoms with Crippen molar-refractivity contribution in [1.82, 2.24) is 4.90 Å². The van der Waals surface area contributed by atoms with Gasteiger partial charge in [0.05, 0.1) is 7.11 Å². The second-order valence-electron chi connectivity index (χ2n) is 3.78. The van der Waals surface area contributed by atoms with Crippen molar-refractivity contribution in [3.05, 3.63) is 0 Å². The molecule has 2 atom stereocenters. The van der Waals surface area contributed by atoms with Gasteiger partial charge in [0, 0.05) is 12.6 Å². The van der Waals surface area contributed by atoms with Crippen molar-refractivity contribution in [2.24, 2.45) is 5.92 Å². The second kappa shape index (κ2) is 3.01. The van der Waals surface area contributed by atoms with Crippen molar-refractivity contribution in [1.29, 1.82) is 0 Å². The number of nitrogens with zero attached hydrogens (tertiary/aromatic N) is 1. The van der Waals surface area contributed by atoms with Crippen molar-refractivity contribution in [2.45, 2.75) is 25.3 Å². The topological polar surface area (TPSA) is 46.6 Å². The van der Waals surface area contributed by atoms with Crippen molar-refractivity contribution in [3.63, 3.8) is 0 Å². The van der Waals surface area contributed by atoms with E-state index in [1.54, 1.807) is 4.90 Å². The first-order chi connectivity index (χ1) is 6.22. The molecule has 1 saturated carbocycles. The molecule has 1 aliphatic carbocycles. The van der Waals surface area contributed by atoms with Crippen molar-refractivity contribution < 1.29 is 14.3 Å². The van der Waals surface area contributed by atoms with Gasteiger partial charge in [-0.05, 0) is 25.2 Å². The first kappa shape index (κ1) is 8.53. The smallest absolute Gasteiger partial charge is 0.396 e. The van der Waals surface area contributed by atoms with E-state index >= 15 is 0 Å². The Balaban J connectivity index is 2.02. The third kappa shape index (κ3) is 1.30. The van der Waals surface area contributed by atoms with Crippen LogP contribution in [-0.2, 0) is 14.3 Å². The molecule has 1 aliphatic heterocycles. The Morgan fingerprint density at radius 1 is 1.38 bits per heavy atom. The van der Waals surface area contributed by atoms with Gasteiger partial charge in [0.2, 0.25) is 0 Å². The molecule has 0 aromatic rings. The monoisotopic (exact) mass is 183 g/mol. The van der Waals surface area contributed by atoms with Crippen LogP contribution in [0.3, 0.4) is 0 Å². The minimum atomic E-state index is -0.729. The summed E-state index contributed by atoms with van der Waals surface area (Å²) in [4.78, 5) is 24.0. The largest absolute Gasteiger partial charge is 0.462 e. The summed E-state index contributed by atoms with van der Waals surface area (Å²) in [6.45, 7) is 0.749. The average Bonchev–Trinajstić information content (AvgIpc) is 2.76. The van der Waals surface area contributed by atoms with Gasteiger partial charge in [-0.2, -0.15) is 0 Å². The van der Waals surface area contributed by atoms with Gasteiger partial charge in [0.15, 0.2) is 0 Å². The predicted octanol–water partition coefficient (Wildman–Crippen LogP) is 0.170. The molecule has 0 aromatic carbocycles. The highest BCUT2D eigenvalue weighted by molar-refractivity contribution is 6.32. The van der Waals surface area contributed by atoms with Crippen molar-refractivity contribution in [2.75, 3.05) is 13.7 Å². The van der Waals surface area contributed by atoms with Gasteiger partial charge in [0.25, 0.3) is 0 Å². The van der Waals surface area contributed by atoms with Crippen LogP contribution in [0.2, 0.25) is 0 Å². The molecular weight excluding hydrogens is 170 g/mol. The number of fused-ring (bicyclic) bond motifs is 2. The molecule has 2 rings (SSSR count). The minimum Gasteiger partial charge on any atom is -0.462 e. The number of ether oxygens (including phenoxy) is 1. The van der Waals surface area contributed by atoms with E-state index in [2.05, 4.69) is 4.74 Å². The zero-order chi connectivity index (χ0) is 9.42. The van der Waals surface area contributed by atoms with E-state index < -0.39 is 11.9 Å². The van der Waals surface area contributed by atoms with Gasteiger partial charge in [0.1, 0.15) is 0 Å². The van der Waals surface area contributed by atoms with Crippen LogP contribution in [0.25, 0.3) is 0 Å².